The van der Waals surface area contributed by atoms with Gasteiger partial charge in [-0.05, 0) is 48.9 Å². The Morgan fingerprint density at radius 2 is 1.48 bits per heavy atom. The second-order valence-corrected chi connectivity index (χ2v) is 10.9. The van der Waals surface area contributed by atoms with E-state index in [1.54, 1.807) is 6.92 Å². The molecule has 0 aromatic heterocycles. The van der Waals surface area contributed by atoms with E-state index in [1.165, 1.54) is 24.3 Å². The van der Waals surface area contributed by atoms with Crippen molar-refractivity contribution in [3.63, 3.8) is 0 Å². The van der Waals surface area contributed by atoms with Gasteiger partial charge in [0.2, 0.25) is 15.9 Å². The minimum atomic E-state index is -4.58. The molecule has 7 nitrogen and oxygen atoms in total. The number of amides is 1. The van der Waals surface area contributed by atoms with E-state index in [2.05, 4.69) is 5.32 Å². The molecular formula is C19H21F3N2O5S2. The SMILES string of the molecule is CC(NC(=O)CN(c1ccc(C(F)(F)F)cc1)S(C)(=O)=O)c1ccc(S(C)(=O)=O)cc1. The zero-order chi connectivity index (χ0) is 23.6. The molecule has 2 aromatic rings. The van der Waals surface area contributed by atoms with Crippen LogP contribution >= 0.6 is 0 Å². The normalized spacial score (nSPS) is 13.5. The zero-order valence-electron chi connectivity index (χ0n) is 16.8. The minimum absolute atomic E-state index is 0.0872. The van der Waals surface area contributed by atoms with Crippen molar-refractivity contribution in [1.29, 1.82) is 0 Å². The molecule has 0 heterocycles. The van der Waals surface area contributed by atoms with Gasteiger partial charge >= 0.3 is 6.18 Å². The van der Waals surface area contributed by atoms with Crippen molar-refractivity contribution in [3.8, 4) is 0 Å². The van der Waals surface area contributed by atoms with Crippen molar-refractivity contribution >= 4 is 31.5 Å². The first kappa shape index (κ1) is 24.7. The summed E-state index contributed by atoms with van der Waals surface area (Å²) in [5.41, 5.74) is -0.447. The number of carbonyl (C=O) groups excluding carboxylic acids is 1. The Morgan fingerprint density at radius 1 is 0.968 bits per heavy atom. The van der Waals surface area contributed by atoms with E-state index >= 15 is 0 Å². The fraction of sp³-hybridized carbons (Fsp3) is 0.316. The standard InChI is InChI=1S/C19H21F3N2O5S2/c1-13(14-4-10-17(11-5-14)30(2,26)27)23-18(25)12-24(31(3,28)29)16-8-6-15(7-9-16)19(20,21)22/h4-11,13H,12H2,1-3H3,(H,23,25). The number of halogens is 3. The zero-order valence-corrected chi connectivity index (χ0v) is 18.5. The summed E-state index contributed by atoms with van der Waals surface area (Å²) < 4.78 is 86.1. The van der Waals surface area contributed by atoms with Gasteiger partial charge in [-0.2, -0.15) is 13.2 Å². The molecule has 2 aromatic carbocycles. The Balaban J connectivity index is 2.16. The number of rotatable bonds is 7. The van der Waals surface area contributed by atoms with E-state index in [1.807, 2.05) is 0 Å². The number of nitrogens with one attached hydrogen (secondary N) is 1. The van der Waals surface area contributed by atoms with Crippen molar-refractivity contribution in [2.45, 2.75) is 24.0 Å². The second kappa shape index (κ2) is 8.87. The largest absolute Gasteiger partial charge is 0.416 e. The van der Waals surface area contributed by atoms with E-state index in [0.29, 0.717) is 9.87 Å². The Kier molecular flexibility index (Phi) is 7.06. The lowest BCUT2D eigenvalue weighted by atomic mass is 10.1. The maximum Gasteiger partial charge on any atom is 0.416 e. The molecule has 1 amide bonds. The van der Waals surface area contributed by atoms with Crippen LogP contribution in [0.3, 0.4) is 0 Å². The highest BCUT2D eigenvalue weighted by Crippen LogP contribution is 2.31. The molecule has 0 aliphatic rings. The first-order chi connectivity index (χ1) is 14.1. The predicted octanol–water partition coefficient (Wildman–Crippen LogP) is 2.75. The van der Waals surface area contributed by atoms with E-state index in [-0.39, 0.29) is 10.6 Å². The molecule has 0 saturated heterocycles. The number of carbonyl (C=O) groups is 1. The monoisotopic (exact) mass is 478 g/mol. The molecule has 0 bridgehead atoms. The van der Waals surface area contributed by atoms with Gasteiger partial charge in [0.05, 0.1) is 28.4 Å². The molecule has 31 heavy (non-hydrogen) atoms. The van der Waals surface area contributed by atoms with Crippen LogP contribution in [0.4, 0.5) is 18.9 Å². The first-order valence-corrected chi connectivity index (χ1v) is 12.6. The van der Waals surface area contributed by atoms with Gasteiger partial charge in [-0.25, -0.2) is 16.8 Å². The van der Waals surface area contributed by atoms with Crippen molar-refractivity contribution < 1.29 is 34.8 Å². The Morgan fingerprint density at radius 3 is 1.90 bits per heavy atom. The van der Waals surface area contributed by atoms with E-state index < -0.39 is 50.1 Å². The van der Waals surface area contributed by atoms with Gasteiger partial charge in [-0.15, -0.1) is 0 Å². The first-order valence-electron chi connectivity index (χ1n) is 8.83. The molecule has 1 unspecified atom stereocenters. The van der Waals surface area contributed by atoms with Crippen LogP contribution in [0.25, 0.3) is 0 Å². The maximum absolute atomic E-state index is 12.7. The summed E-state index contributed by atoms with van der Waals surface area (Å²) >= 11 is 0. The fourth-order valence-corrected chi connectivity index (χ4v) is 4.21. The molecule has 0 saturated carbocycles. The third-order valence-corrected chi connectivity index (χ3v) is 6.62. The minimum Gasteiger partial charge on any atom is -0.348 e. The number of anilines is 1. The van der Waals surface area contributed by atoms with Crippen molar-refractivity contribution in [2.24, 2.45) is 0 Å². The average Bonchev–Trinajstić information content (AvgIpc) is 2.64. The Labute approximate surface area is 178 Å². The highest BCUT2D eigenvalue weighted by molar-refractivity contribution is 7.92. The van der Waals surface area contributed by atoms with Crippen LogP contribution in [0, 0.1) is 0 Å². The van der Waals surface area contributed by atoms with Crippen LogP contribution in [0.1, 0.15) is 24.1 Å². The second-order valence-electron chi connectivity index (χ2n) is 6.94. The lowest BCUT2D eigenvalue weighted by molar-refractivity contribution is -0.137. The van der Waals surface area contributed by atoms with Gasteiger partial charge in [-0.1, -0.05) is 12.1 Å². The molecule has 12 heteroatoms. The molecule has 0 radical (unpaired) electrons. The molecule has 0 fully saturated rings. The van der Waals surface area contributed by atoms with Crippen LogP contribution in [0.2, 0.25) is 0 Å². The molecule has 170 valence electrons. The van der Waals surface area contributed by atoms with Crippen molar-refractivity contribution in [3.05, 3.63) is 59.7 Å². The molecule has 0 aliphatic heterocycles. The molecule has 1 N–H and O–H groups in total. The number of nitrogens with zero attached hydrogens (tertiary/aromatic N) is 1. The number of hydrogen-bond acceptors (Lipinski definition) is 5. The highest BCUT2D eigenvalue weighted by Gasteiger charge is 2.31. The summed E-state index contributed by atoms with van der Waals surface area (Å²) in [6.07, 6.45) is -2.67. The molecule has 0 spiro atoms. The Hall–Kier alpha value is -2.60. The van der Waals surface area contributed by atoms with Crippen LogP contribution in [-0.4, -0.2) is 41.8 Å². The van der Waals surface area contributed by atoms with Gasteiger partial charge in [0.25, 0.3) is 0 Å². The number of sulfonamides is 1. The van der Waals surface area contributed by atoms with E-state index in [4.69, 9.17) is 0 Å². The van der Waals surface area contributed by atoms with Gasteiger partial charge < -0.3 is 5.32 Å². The van der Waals surface area contributed by atoms with Gasteiger partial charge in [0.1, 0.15) is 6.54 Å². The predicted molar refractivity (Wildman–Crippen MR) is 110 cm³/mol. The number of alkyl halides is 3. The molecule has 0 aliphatic carbocycles. The average molecular weight is 479 g/mol. The van der Waals surface area contributed by atoms with Gasteiger partial charge in [0.15, 0.2) is 9.84 Å². The van der Waals surface area contributed by atoms with Crippen LogP contribution < -0.4 is 9.62 Å². The highest BCUT2D eigenvalue weighted by atomic mass is 32.2. The lowest BCUT2D eigenvalue weighted by Crippen LogP contribution is -2.41. The third kappa shape index (κ3) is 6.69. The summed E-state index contributed by atoms with van der Waals surface area (Å²) in [6.45, 7) is 0.978. The molecular weight excluding hydrogens is 457 g/mol. The van der Waals surface area contributed by atoms with Gasteiger partial charge in [0, 0.05) is 6.26 Å². The van der Waals surface area contributed by atoms with Crippen LogP contribution in [0.15, 0.2) is 53.4 Å². The smallest absolute Gasteiger partial charge is 0.348 e. The maximum atomic E-state index is 12.7. The van der Waals surface area contributed by atoms with E-state index in [0.717, 1.165) is 36.8 Å². The van der Waals surface area contributed by atoms with Gasteiger partial charge in [-0.3, -0.25) is 9.10 Å². The van der Waals surface area contributed by atoms with Crippen LogP contribution in [0.5, 0.6) is 0 Å². The Bertz CT molecular complexity index is 1140. The summed E-state index contributed by atoms with van der Waals surface area (Å²) in [4.78, 5) is 12.5. The number of sulfone groups is 1. The molecule has 2 rings (SSSR count). The van der Waals surface area contributed by atoms with Crippen molar-refractivity contribution in [1.82, 2.24) is 5.32 Å². The topological polar surface area (TPSA) is 101 Å². The summed E-state index contributed by atoms with van der Waals surface area (Å²) in [5.74, 6) is -0.690. The summed E-state index contributed by atoms with van der Waals surface area (Å²) in [5, 5.41) is 2.59. The number of benzene rings is 2. The summed E-state index contributed by atoms with van der Waals surface area (Å²) in [7, 11) is -7.33. The fourth-order valence-electron chi connectivity index (χ4n) is 2.72. The van der Waals surface area contributed by atoms with Crippen molar-refractivity contribution in [2.75, 3.05) is 23.4 Å². The van der Waals surface area contributed by atoms with Crippen LogP contribution in [-0.2, 0) is 30.8 Å². The third-order valence-electron chi connectivity index (χ3n) is 4.36. The quantitative estimate of drug-likeness (QED) is 0.660. The summed E-state index contributed by atoms with van der Waals surface area (Å²) in [6, 6.07) is 8.66. The lowest BCUT2D eigenvalue weighted by Gasteiger charge is -2.23. The van der Waals surface area contributed by atoms with E-state index in [9.17, 15) is 34.8 Å². The number of hydrogen-bond donors (Lipinski definition) is 1. The molecule has 1 atom stereocenters.